The van der Waals surface area contributed by atoms with E-state index in [0.717, 1.165) is 4.47 Å². The minimum absolute atomic E-state index is 0.302. The number of ether oxygens (including phenoxy) is 1. The lowest BCUT2D eigenvalue weighted by atomic mass is 10.5. The SMILES string of the molecule is CCOC(=O)c1csc(Nc2nn(C)cc2Br)n1. The summed E-state index contributed by atoms with van der Waals surface area (Å²) in [5.41, 5.74) is 0.302. The van der Waals surface area contributed by atoms with Crippen molar-refractivity contribution < 1.29 is 9.53 Å². The van der Waals surface area contributed by atoms with E-state index in [9.17, 15) is 4.79 Å². The Bertz CT molecular complexity index is 566. The molecule has 2 rings (SSSR count). The molecular weight excluding hydrogens is 320 g/mol. The first kappa shape index (κ1) is 13.0. The van der Waals surface area contributed by atoms with Gasteiger partial charge in [-0.3, -0.25) is 4.68 Å². The average molecular weight is 331 g/mol. The highest BCUT2D eigenvalue weighted by Crippen LogP contribution is 2.25. The molecule has 2 aromatic heterocycles. The topological polar surface area (TPSA) is 69.0 Å². The molecule has 0 spiro atoms. The van der Waals surface area contributed by atoms with Gasteiger partial charge in [0.2, 0.25) is 0 Å². The molecule has 0 aliphatic heterocycles. The van der Waals surface area contributed by atoms with Crippen molar-refractivity contribution in [3.05, 3.63) is 21.7 Å². The molecule has 1 N–H and O–H groups in total. The fourth-order valence-corrected chi connectivity index (χ4v) is 2.43. The van der Waals surface area contributed by atoms with Crippen LogP contribution in [0.3, 0.4) is 0 Å². The molecule has 0 fully saturated rings. The Morgan fingerprint density at radius 3 is 3.06 bits per heavy atom. The Morgan fingerprint density at radius 1 is 1.67 bits per heavy atom. The fourth-order valence-electron chi connectivity index (χ4n) is 1.28. The largest absolute Gasteiger partial charge is 0.461 e. The molecule has 0 bridgehead atoms. The molecule has 0 unspecified atom stereocenters. The number of rotatable bonds is 4. The summed E-state index contributed by atoms with van der Waals surface area (Å²) in [6.07, 6.45) is 1.82. The molecule has 0 atom stereocenters. The zero-order valence-electron chi connectivity index (χ0n) is 9.81. The zero-order chi connectivity index (χ0) is 13.1. The summed E-state index contributed by atoms with van der Waals surface area (Å²) in [5, 5.41) is 9.48. The van der Waals surface area contributed by atoms with Gasteiger partial charge in [0, 0.05) is 18.6 Å². The third-order valence-electron chi connectivity index (χ3n) is 2.00. The molecule has 0 aromatic carbocycles. The summed E-state index contributed by atoms with van der Waals surface area (Å²) in [6.45, 7) is 2.10. The lowest BCUT2D eigenvalue weighted by Crippen LogP contribution is -2.05. The number of halogens is 1. The van der Waals surface area contributed by atoms with E-state index < -0.39 is 5.97 Å². The Kier molecular flexibility index (Phi) is 3.97. The van der Waals surface area contributed by atoms with Crippen molar-refractivity contribution in [1.29, 1.82) is 0 Å². The summed E-state index contributed by atoms with van der Waals surface area (Å²) in [6, 6.07) is 0. The van der Waals surface area contributed by atoms with Crippen LogP contribution in [0.25, 0.3) is 0 Å². The summed E-state index contributed by atoms with van der Waals surface area (Å²) in [5.74, 6) is 0.240. The number of carbonyl (C=O) groups excluding carboxylic acids is 1. The second kappa shape index (κ2) is 5.49. The van der Waals surface area contributed by atoms with E-state index in [2.05, 4.69) is 31.3 Å². The number of anilines is 2. The van der Waals surface area contributed by atoms with Crippen molar-refractivity contribution in [2.75, 3.05) is 11.9 Å². The molecule has 8 heteroatoms. The predicted molar refractivity (Wildman–Crippen MR) is 72.3 cm³/mol. The molecular formula is C10H11BrN4O2S. The normalized spacial score (nSPS) is 10.4. The molecule has 96 valence electrons. The molecule has 0 saturated heterocycles. The molecule has 0 radical (unpaired) electrons. The van der Waals surface area contributed by atoms with Gasteiger partial charge in [-0.25, -0.2) is 9.78 Å². The number of hydrogen-bond acceptors (Lipinski definition) is 6. The molecule has 6 nitrogen and oxygen atoms in total. The van der Waals surface area contributed by atoms with Crippen LogP contribution in [-0.2, 0) is 11.8 Å². The third-order valence-corrected chi connectivity index (χ3v) is 3.34. The smallest absolute Gasteiger partial charge is 0.357 e. The Hall–Kier alpha value is -1.41. The van der Waals surface area contributed by atoms with Crippen LogP contribution < -0.4 is 5.32 Å². The molecule has 0 aliphatic carbocycles. The maximum Gasteiger partial charge on any atom is 0.357 e. The van der Waals surface area contributed by atoms with Gasteiger partial charge in [-0.1, -0.05) is 0 Å². The number of nitrogens with zero attached hydrogens (tertiary/aromatic N) is 3. The van der Waals surface area contributed by atoms with Gasteiger partial charge in [-0.2, -0.15) is 5.10 Å². The lowest BCUT2D eigenvalue weighted by Gasteiger charge is -1.98. The van der Waals surface area contributed by atoms with Gasteiger partial charge in [0.25, 0.3) is 0 Å². The van der Waals surface area contributed by atoms with Crippen LogP contribution in [-0.4, -0.2) is 27.3 Å². The number of hydrogen-bond donors (Lipinski definition) is 1. The van der Waals surface area contributed by atoms with Crippen molar-refractivity contribution >= 4 is 44.2 Å². The molecule has 0 saturated carbocycles. The van der Waals surface area contributed by atoms with Crippen molar-refractivity contribution in [2.24, 2.45) is 7.05 Å². The van der Waals surface area contributed by atoms with E-state index in [4.69, 9.17) is 4.74 Å². The van der Waals surface area contributed by atoms with Crippen LogP contribution in [0.5, 0.6) is 0 Å². The second-order valence-corrected chi connectivity index (χ2v) is 5.10. The highest BCUT2D eigenvalue weighted by Gasteiger charge is 2.13. The highest BCUT2D eigenvalue weighted by atomic mass is 79.9. The summed E-state index contributed by atoms with van der Waals surface area (Å²) in [7, 11) is 1.82. The van der Waals surface area contributed by atoms with Gasteiger partial charge in [-0.05, 0) is 22.9 Å². The first-order valence-electron chi connectivity index (χ1n) is 5.19. The van der Waals surface area contributed by atoms with E-state index in [1.807, 2.05) is 13.2 Å². The molecule has 2 heterocycles. The van der Waals surface area contributed by atoms with Gasteiger partial charge in [-0.15, -0.1) is 11.3 Å². The van der Waals surface area contributed by atoms with Crippen LogP contribution in [0.2, 0.25) is 0 Å². The highest BCUT2D eigenvalue weighted by molar-refractivity contribution is 9.10. The van der Waals surface area contributed by atoms with Crippen molar-refractivity contribution in [1.82, 2.24) is 14.8 Å². The minimum atomic E-state index is -0.415. The van der Waals surface area contributed by atoms with Crippen LogP contribution in [0.1, 0.15) is 17.4 Å². The second-order valence-electron chi connectivity index (χ2n) is 3.38. The number of aromatic nitrogens is 3. The monoisotopic (exact) mass is 330 g/mol. The maximum absolute atomic E-state index is 11.4. The average Bonchev–Trinajstić information content (AvgIpc) is 2.88. The van der Waals surface area contributed by atoms with Crippen LogP contribution in [0.4, 0.5) is 10.9 Å². The summed E-state index contributed by atoms with van der Waals surface area (Å²) in [4.78, 5) is 15.6. The van der Waals surface area contributed by atoms with Crippen LogP contribution in [0.15, 0.2) is 16.0 Å². The van der Waals surface area contributed by atoms with Crippen molar-refractivity contribution in [2.45, 2.75) is 6.92 Å². The van der Waals surface area contributed by atoms with E-state index >= 15 is 0 Å². The van der Waals surface area contributed by atoms with Crippen molar-refractivity contribution in [3.63, 3.8) is 0 Å². The van der Waals surface area contributed by atoms with Crippen molar-refractivity contribution in [3.8, 4) is 0 Å². The number of esters is 1. The quantitative estimate of drug-likeness (QED) is 0.872. The Morgan fingerprint density at radius 2 is 2.44 bits per heavy atom. The standard InChI is InChI=1S/C10H11BrN4O2S/c1-3-17-9(16)7-5-18-10(12-7)13-8-6(11)4-15(2)14-8/h4-5H,3H2,1-2H3,(H,12,13,14). The number of carbonyl (C=O) groups is 1. The molecule has 0 aliphatic rings. The third kappa shape index (κ3) is 2.88. The molecule has 0 amide bonds. The molecule has 2 aromatic rings. The molecule has 18 heavy (non-hydrogen) atoms. The van der Waals surface area contributed by atoms with E-state index in [0.29, 0.717) is 23.3 Å². The van der Waals surface area contributed by atoms with Gasteiger partial charge < -0.3 is 10.1 Å². The predicted octanol–water partition coefficient (Wildman–Crippen LogP) is 2.56. The van der Waals surface area contributed by atoms with E-state index in [-0.39, 0.29) is 0 Å². The van der Waals surface area contributed by atoms with Gasteiger partial charge in [0.15, 0.2) is 16.6 Å². The van der Waals surface area contributed by atoms with Gasteiger partial charge >= 0.3 is 5.97 Å². The Labute approximate surface area is 116 Å². The summed E-state index contributed by atoms with van der Waals surface area (Å²) >= 11 is 4.70. The first-order valence-corrected chi connectivity index (χ1v) is 6.86. The van der Waals surface area contributed by atoms with Crippen LogP contribution >= 0.6 is 27.3 Å². The number of nitrogens with one attached hydrogen (secondary N) is 1. The minimum Gasteiger partial charge on any atom is -0.461 e. The number of thiazole rings is 1. The van der Waals surface area contributed by atoms with E-state index in [1.54, 1.807) is 17.0 Å². The van der Waals surface area contributed by atoms with E-state index in [1.165, 1.54) is 11.3 Å². The number of aryl methyl sites for hydroxylation is 1. The summed E-state index contributed by atoms with van der Waals surface area (Å²) < 4.78 is 7.37. The zero-order valence-corrected chi connectivity index (χ0v) is 12.2. The first-order chi connectivity index (χ1) is 8.60. The maximum atomic E-state index is 11.4. The van der Waals surface area contributed by atoms with Crippen LogP contribution in [0, 0.1) is 0 Å². The Balaban J connectivity index is 2.11. The lowest BCUT2D eigenvalue weighted by molar-refractivity contribution is 0.0520. The van der Waals surface area contributed by atoms with Gasteiger partial charge in [0.05, 0.1) is 11.1 Å². The fraction of sp³-hybridized carbons (Fsp3) is 0.300. The van der Waals surface area contributed by atoms with Gasteiger partial charge in [0.1, 0.15) is 0 Å².